The minimum atomic E-state index is -0.0170. The number of aromatic nitrogens is 2. The van der Waals surface area contributed by atoms with Crippen LogP contribution in [0.2, 0.25) is 5.02 Å². The number of hydrogen-bond acceptors (Lipinski definition) is 4. The molecule has 0 radical (unpaired) electrons. The number of benzene rings is 2. The van der Waals surface area contributed by atoms with E-state index in [1.807, 2.05) is 17.9 Å². The number of hydrogen-bond donors (Lipinski definition) is 1. The van der Waals surface area contributed by atoms with Crippen molar-refractivity contribution in [2.45, 2.75) is 20.3 Å². The van der Waals surface area contributed by atoms with Gasteiger partial charge in [-0.15, -0.1) is 0 Å². The second-order valence-corrected chi connectivity index (χ2v) is 9.83. The fraction of sp³-hybridized carbons (Fsp3) is 0.233. The summed E-state index contributed by atoms with van der Waals surface area (Å²) in [6.45, 7) is 10.3. The monoisotopic (exact) mass is 512 g/mol. The Labute approximate surface area is 221 Å². The van der Waals surface area contributed by atoms with Crippen molar-refractivity contribution < 1.29 is 9.59 Å². The largest absolute Gasteiger partial charge is 0.368 e. The number of nitrogens with one attached hydrogen (secondary N) is 1. The van der Waals surface area contributed by atoms with E-state index < -0.39 is 0 Å². The van der Waals surface area contributed by atoms with Crippen LogP contribution in [-0.4, -0.2) is 52.7 Å². The molecular formula is C30H29ClN4O2. The second kappa shape index (κ2) is 10.2. The number of anilines is 1. The highest BCUT2D eigenvalue weighted by molar-refractivity contribution is 6.36. The molecule has 1 N–H and O–H groups in total. The van der Waals surface area contributed by atoms with E-state index in [-0.39, 0.29) is 11.7 Å². The smallest absolute Gasteiger partial charge is 0.219 e. The molecule has 0 atom stereocenters. The lowest BCUT2D eigenvalue weighted by molar-refractivity contribution is -0.129. The van der Waals surface area contributed by atoms with Crippen LogP contribution in [0, 0.1) is 6.92 Å². The molecule has 37 heavy (non-hydrogen) atoms. The summed E-state index contributed by atoms with van der Waals surface area (Å²) in [5.74, 6) is 0.101. The van der Waals surface area contributed by atoms with Gasteiger partial charge in [-0.05, 0) is 47.9 Å². The third-order valence-electron chi connectivity index (χ3n) is 7.10. The quantitative estimate of drug-likeness (QED) is 0.330. The van der Waals surface area contributed by atoms with Crippen LogP contribution < -0.4 is 4.90 Å². The zero-order valence-corrected chi connectivity index (χ0v) is 21.8. The maximum absolute atomic E-state index is 12.1. The molecule has 1 amide bonds. The van der Waals surface area contributed by atoms with Gasteiger partial charge in [-0.2, -0.15) is 0 Å². The Balaban J connectivity index is 1.61. The molecular weight excluding hydrogens is 484 g/mol. The van der Waals surface area contributed by atoms with Gasteiger partial charge >= 0.3 is 0 Å². The molecule has 0 aliphatic carbocycles. The highest BCUT2D eigenvalue weighted by Gasteiger charge is 2.22. The van der Waals surface area contributed by atoms with Crippen LogP contribution in [0.5, 0.6) is 0 Å². The fourth-order valence-corrected chi connectivity index (χ4v) is 5.24. The van der Waals surface area contributed by atoms with Crippen molar-refractivity contribution >= 4 is 40.0 Å². The van der Waals surface area contributed by atoms with Crippen LogP contribution in [0.25, 0.3) is 33.4 Å². The zero-order valence-electron chi connectivity index (χ0n) is 21.1. The predicted octanol–water partition coefficient (Wildman–Crippen LogP) is 5.82. The molecule has 0 spiro atoms. The molecule has 6 nitrogen and oxygen atoms in total. The zero-order chi connectivity index (χ0) is 26.1. The molecule has 2 aromatic heterocycles. The molecule has 5 rings (SSSR count). The first-order valence-corrected chi connectivity index (χ1v) is 12.8. The number of carbonyl (C=O) groups is 2. The number of aromatic amines is 1. The highest BCUT2D eigenvalue weighted by atomic mass is 35.5. The normalized spacial score (nSPS) is 13.7. The summed E-state index contributed by atoms with van der Waals surface area (Å²) in [6.07, 6.45) is 3.36. The Morgan fingerprint density at radius 2 is 1.86 bits per heavy atom. The summed E-state index contributed by atoms with van der Waals surface area (Å²) >= 11 is 6.72. The molecule has 0 saturated carbocycles. The topological polar surface area (TPSA) is 69.3 Å². The number of pyridine rings is 1. The maximum Gasteiger partial charge on any atom is 0.219 e. The summed E-state index contributed by atoms with van der Waals surface area (Å²) < 4.78 is 0. The van der Waals surface area contributed by atoms with Gasteiger partial charge in [-0.3, -0.25) is 9.59 Å². The van der Waals surface area contributed by atoms with E-state index in [9.17, 15) is 9.59 Å². The van der Waals surface area contributed by atoms with Crippen LogP contribution in [0.3, 0.4) is 0 Å². The molecule has 4 aromatic rings. The fourth-order valence-electron chi connectivity index (χ4n) is 5.00. The second-order valence-electron chi connectivity index (χ2n) is 9.42. The Hall–Kier alpha value is -3.90. The van der Waals surface area contributed by atoms with Gasteiger partial charge in [0.2, 0.25) is 5.91 Å². The van der Waals surface area contributed by atoms with Crippen molar-refractivity contribution in [2.75, 3.05) is 31.1 Å². The summed E-state index contributed by atoms with van der Waals surface area (Å²) in [5.41, 5.74) is 7.68. The number of allylic oxidation sites excluding steroid dienone is 1. The van der Waals surface area contributed by atoms with Gasteiger partial charge in [0.05, 0.1) is 10.7 Å². The van der Waals surface area contributed by atoms with Gasteiger partial charge in [-0.25, -0.2) is 4.98 Å². The van der Waals surface area contributed by atoms with Crippen molar-refractivity contribution in [2.24, 2.45) is 0 Å². The Morgan fingerprint density at radius 1 is 1.08 bits per heavy atom. The molecule has 1 aliphatic heterocycles. The lowest BCUT2D eigenvalue weighted by atomic mass is 9.93. The third-order valence-corrected chi connectivity index (χ3v) is 7.41. The van der Waals surface area contributed by atoms with Crippen LogP contribution in [-0.2, 0) is 16.0 Å². The molecule has 1 saturated heterocycles. The van der Waals surface area contributed by atoms with Crippen molar-refractivity contribution in [3.63, 3.8) is 0 Å². The number of halogens is 1. The molecule has 3 heterocycles. The van der Waals surface area contributed by atoms with Gasteiger partial charge in [0.1, 0.15) is 5.65 Å². The molecule has 1 fully saturated rings. The number of aryl methyl sites for hydroxylation is 1. The van der Waals surface area contributed by atoms with E-state index in [4.69, 9.17) is 11.6 Å². The minimum Gasteiger partial charge on any atom is -0.368 e. The number of piperazine rings is 1. The standard InChI is InChI=1S/C30H29ClN4O2/c1-4-25(37)18-23-16-21(9-8-19(23)2)27-28-26(31)10-11-32-30(28)33-29(27)22-6-5-7-24(17-22)35-14-12-34(13-15-35)20(3)36/h4-11,16-17H,1,12-15,18H2,2-3H3,(H,32,33). The first kappa shape index (κ1) is 24.8. The summed E-state index contributed by atoms with van der Waals surface area (Å²) in [4.78, 5) is 36.2. The van der Waals surface area contributed by atoms with E-state index in [1.54, 1.807) is 19.2 Å². The molecule has 0 bridgehead atoms. The molecule has 188 valence electrons. The van der Waals surface area contributed by atoms with Gasteiger partial charge in [0.25, 0.3) is 0 Å². The number of rotatable bonds is 6. The SMILES string of the molecule is C=CC(=O)Cc1cc(-c2c(-c3cccc(N4CCN(C(C)=O)CC4)c3)[nH]c3nccc(Cl)c23)ccc1C. The van der Waals surface area contributed by atoms with E-state index in [2.05, 4.69) is 57.8 Å². The number of fused-ring (bicyclic) bond motifs is 1. The van der Waals surface area contributed by atoms with Crippen LogP contribution in [0.15, 0.2) is 67.4 Å². The van der Waals surface area contributed by atoms with Crippen molar-refractivity contribution in [3.05, 3.63) is 83.5 Å². The Morgan fingerprint density at radius 3 is 2.59 bits per heavy atom. The van der Waals surface area contributed by atoms with E-state index in [0.29, 0.717) is 30.2 Å². The van der Waals surface area contributed by atoms with Crippen molar-refractivity contribution in [1.82, 2.24) is 14.9 Å². The Kier molecular flexibility index (Phi) is 6.85. The van der Waals surface area contributed by atoms with Crippen LogP contribution in [0.1, 0.15) is 18.1 Å². The first-order valence-electron chi connectivity index (χ1n) is 12.4. The average molecular weight is 513 g/mol. The van der Waals surface area contributed by atoms with Crippen molar-refractivity contribution in [1.29, 1.82) is 0 Å². The number of nitrogens with zero attached hydrogens (tertiary/aromatic N) is 3. The molecule has 1 aliphatic rings. The summed E-state index contributed by atoms with van der Waals surface area (Å²) in [7, 11) is 0. The average Bonchev–Trinajstić information content (AvgIpc) is 3.31. The number of amides is 1. The predicted molar refractivity (Wildman–Crippen MR) is 150 cm³/mol. The molecule has 0 unspecified atom stereocenters. The third kappa shape index (κ3) is 4.89. The number of H-pyrrole nitrogens is 1. The lowest BCUT2D eigenvalue weighted by Gasteiger charge is -2.35. The van der Waals surface area contributed by atoms with Crippen LogP contribution in [0.4, 0.5) is 5.69 Å². The van der Waals surface area contributed by atoms with Crippen molar-refractivity contribution in [3.8, 4) is 22.4 Å². The van der Waals surface area contributed by atoms with Gasteiger partial charge < -0.3 is 14.8 Å². The number of ketones is 1. The minimum absolute atomic E-state index is 0.0170. The van der Waals surface area contributed by atoms with E-state index in [0.717, 1.165) is 57.7 Å². The van der Waals surface area contributed by atoms with Gasteiger partial charge in [0.15, 0.2) is 5.78 Å². The van der Waals surface area contributed by atoms with Crippen LogP contribution >= 0.6 is 11.6 Å². The maximum atomic E-state index is 12.1. The van der Waals surface area contributed by atoms with Gasteiger partial charge in [0, 0.05) is 67.9 Å². The summed E-state index contributed by atoms with van der Waals surface area (Å²) in [5, 5.41) is 1.47. The van der Waals surface area contributed by atoms with Gasteiger partial charge in [-0.1, -0.05) is 48.5 Å². The van der Waals surface area contributed by atoms with E-state index in [1.165, 1.54) is 6.08 Å². The number of carbonyl (C=O) groups excluding carboxylic acids is 2. The molecule has 7 heteroatoms. The molecule has 2 aromatic carbocycles. The van der Waals surface area contributed by atoms with E-state index >= 15 is 0 Å². The highest BCUT2D eigenvalue weighted by Crippen LogP contribution is 2.42. The Bertz CT molecular complexity index is 1520. The lowest BCUT2D eigenvalue weighted by Crippen LogP contribution is -2.48. The first-order chi connectivity index (χ1) is 17.9. The summed E-state index contributed by atoms with van der Waals surface area (Å²) in [6, 6.07) is 16.4.